The highest BCUT2D eigenvalue weighted by molar-refractivity contribution is 5.76. The minimum atomic E-state index is 0.156. The quantitative estimate of drug-likeness (QED) is 0.555. The van der Waals surface area contributed by atoms with Crippen LogP contribution in [0.15, 0.2) is 0 Å². The maximum absolute atomic E-state index is 11.0. The van der Waals surface area contributed by atoms with Crippen molar-refractivity contribution < 1.29 is 9.53 Å². The Labute approximate surface area is 97.1 Å². The van der Waals surface area contributed by atoms with Crippen molar-refractivity contribution in [3.05, 3.63) is 0 Å². The molecule has 2 atom stereocenters. The van der Waals surface area contributed by atoms with Crippen molar-refractivity contribution in [3.63, 3.8) is 0 Å². The van der Waals surface area contributed by atoms with Gasteiger partial charge >= 0.3 is 0 Å². The highest BCUT2D eigenvalue weighted by atomic mass is 16.5. The largest absolute Gasteiger partial charge is 0.383 e. The molecule has 1 saturated heterocycles. The molecule has 16 heavy (non-hydrogen) atoms. The molecular formula is C11H23N3O2. The molecule has 0 aliphatic carbocycles. The number of rotatable bonds is 7. The molecule has 0 bridgehead atoms. The Bertz CT molecular complexity index is 201. The average Bonchev–Trinajstić information content (AvgIpc) is 2.29. The number of nitrogens with one attached hydrogen (secondary N) is 2. The maximum atomic E-state index is 11.0. The molecule has 4 N–H and O–H groups in total. The summed E-state index contributed by atoms with van der Waals surface area (Å²) in [5.41, 5.74) is 5.50. The highest BCUT2D eigenvalue weighted by Crippen LogP contribution is 2.06. The fourth-order valence-corrected chi connectivity index (χ4v) is 1.99. The van der Waals surface area contributed by atoms with E-state index in [2.05, 4.69) is 10.6 Å². The lowest BCUT2D eigenvalue weighted by Crippen LogP contribution is -2.50. The lowest BCUT2D eigenvalue weighted by atomic mass is 10.0. The van der Waals surface area contributed by atoms with Crippen LogP contribution in [0.1, 0.15) is 25.7 Å². The Morgan fingerprint density at radius 1 is 1.69 bits per heavy atom. The van der Waals surface area contributed by atoms with E-state index in [1.807, 2.05) is 0 Å². The van der Waals surface area contributed by atoms with Gasteiger partial charge in [0, 0.05) is 32.2 Å². The fourth-order valence-electron chi connectivity index (χ4n) is 1.99. The number of hydrogen-bond donors (Lipinski definition) is 3. The second-order valence-electron chi connectivity index (χ2n) is 4.29. The first kappa shape index (κ1) is 13.4. The third-order valence-electron chi connectivity index (χ3n) is 2.86. The zero-order valence-electron chi connectivity index (χ0n) is 10.00. The van der Waals surface area contributed by atoms with E-state index in [-0.39, 0.29) is 5.91 Å². The number of methoxy groups -OCH3 is 1. The molecule has 0 radical (unpaired) electrons. The Morgan fingerprint density at radius 2 is 2.50 bits per heavy atom. The lowest BCUT2D eigenvalue weighted by Gasteiger charge is -2.28. The van der Waals surface area contributed by atoms with Crippen molar-refractivity contribution in [2.45, 2.75) is 37.8 Å². The van der Waals surface area contributed by atoms with E-state index in [0.717, 1.165) is 25.8 Å². The smallest absolute Gasteiger partial charge is 0.220 e. The molecule has 1 amide bonds. The van der Waals surface area contributed by atoms with Crippen LogP contribution in [0.2, 0.25) is 0 Å². The summed E-state index contributed by atoms with van der Waals surface area (Å²) in [5, 5.41) is 6.39. The predicted molar refractivity (Wildman–Crippen MR) is 63.1 cm³/mol. The van der Waals surface area contributed by atoms with Gasteiger partial charge in [0.15, 0.2) is 0 Å². The van der Waals surface area contributed by atoms with Crippen LogP contribution in [-0.2, 0) is 9.53 Å². The normalized spacial score (nSPS) is 22.9. The van der Waals surface area contributed by atoms with E-state index >= 15 is 0 Å². The van der Waals surface area contributed by atoms with E-state index in [1.165, 1.54) is 0 Å². The Morgan fingerprint density at radius 3 is 3.06 bits per heavy atom. The molecule has 0 aromatic carbocycles. The topological polar surface area (TPSA) is 76.4 Å². The molecule has 1 rings (SSSR count). The number of carbonyl (C=O) groups excluding carboxylic acids is 1. The summed E-state index contributed by atoms with van der Waals surface area (Å²) in [7, 11) is 1.71. The molecule has 94 valence electrons. The van der Waals surface area contributed by atoms with Crippen LogP contribution in [0, 0.1) is 0 Å². The van der Waals surface area contributed by atoms with Crippen molar-refractivity contribution in [3.8, 4) is 0 Å². The zero-order chi connectivity index (χ0) is 11.8. The van der Waals surface area contributed by atoms with E-state index in [1.54, 1.807) is 7.11 Å². The molecule has 1 heterocycles. The number of nitrogens with two attached hydrogens (primary N) is 1. The Kier molecular flexibility index (Phi) is 6.37. The minimum Gasteiger partial charge on any atom is -0.383 e. The minimum absolute atomic E-state index is 0.156. The summed E-state index contributed by atoms with van der Waals surface area (Å²) in [6.07, 6.45) is 3.55. The molecule has 0 aromatic heterocycles. The van der Waals surface area contributed by atoms with Gasteiger partial charge in [0.1, 0.15) is 0 Å². The van der Waals surface area contributed by atoms with Gasteiger partial charge in [-0.1, -0.05) is 0 Å². The van der Waals surface area contributed by atoms with Gasteiger partial charge in [0.25, 0.3) is 0 Å². The summed E-state index contributed by atoms with van der Waals surface area (Å²) in [4.78, 5) is 11.0. The molecular weight excluding hydrogens is 206 g/mol. The second-order valence-corrected chi connectivity index (χ2v) is 4.29. The van der Waals surface area contributed by atoms with Crippen LogP contribution >= 0.6 is 0 Å². The molecule has 5 heteroatoms. The number of carbonyl (C=O) groups is 1. The summed E-state index contributed by atoms with van der Waals surface area (Å²) < 4.78 is 5.17. The van der Waals surface area contributed by atoms with Crippen molar-refractivity contribution >= 4 is 5.91 Å². The second kappa shape index (κ2) is 7.60. The highest BCUT2D eigenvalue weighted by Gasteiger charge is 2.20. The van der Waals surface area contributed by atoms with Crippen LogP contribution in [0.25, 0.3) is 0 Å². The SMILES string of the molecule is COCC(CCCN)NC1CCC(=O)NC1. The van der Waals surface area contributed by atoms with Gasteiger partial charge in [-0.25, -0.2) is 0 Å². The van der Waals surface area contributed by atoms with Gasteiger partial charge in [-0.2, -0.15) is 0 Å². The monoisotopic (exact) mass is 229 g/mol. The van der Waals surface area contributed by atoms with E-state index in [0.29, 0.717) is 31.7 Å². The van der Waals surface area contributed by atoms with E-state index in [9.17, 15) is 4.79 Å². The van der Waals surface area contributed by atoms with Gasteiger partial charge in [-0.05, 0) is 25.8 Å². The van der Waals surface area contributed by atoms with Crippen LogP contribution in [-0.4, -0.2) is 44.8 Å². The average molecular weight is 229 g/mol. The summed E-state index contributed by atoms with van der Waals surface area (Å²) in [5.74, 6) is 0.156. The third kappa shape index (κ3) is 4.92. The van der Waals surface area contributed by atoms with Crippen LogP contribution < -0.4 is 16.4 Å². The van der Waals surface area contributed by atoms with Gasteiger partial charge in [0.2, 0.25) is 5.91 Å². The summed E-state index contributed by atoms with van der Waals surface area (Å²) in [6.45, 7) is 2.13. The maximum Gasteiger partial charge on any atom is 0.220 e. The van der Waals surface area contributed by atoms with Crippen molar-refractivity contribution in [1.82, 2.24) is 10.6 Å². The number of hydrogen-bond acceptors (Lipinski definition) is 4. The molecule has 5 nitrogen and oxygen atoms in total. The summed E-state index contributed by atoms with van der Waals surface area (Å²) in [6, 6.07) is 0.712. The molecule has 0 saturated carbocycles. The van der Waals surface area contributed by atoms with Gasteiger partial charge in [-0.15, -0.1) is 0 Å². The van der Waals surface area contributed by atoms with Crippen molar-refractivity contribution in [2.24, 2.45) is 5.73 Å². The zero-order valence-corrected chi connectivity index (χ0v) is 10.00. The van der Waals surface area contributed by atoms with Crippen molar-refractivity contribution in [1.29, 1.82) is 0 Å². The van der Waals surface area contributed by atoms with Crippen LogP contribution in [0.5, 0.6) is 0 Å². The lowest BCUT2D eigenvalue weighted by molar-refractivity contribution is -0.122. The molecule has 2 unspecified atom stereocenters. The number of piperidine rings is 1. The Hall–Kier alpha value is -0.650. The first-order chi connectivity index (χ1) is 7.76. The third-order valence-corrected chi connectivity index (χ3v) is 2.86. The fraction of sp³-hybridized carbons (Fsp3) is 0.909. The van der Waals surface area contributed by atoms with Crippen LogP contribution in [0.3, 0.4) is 0 Å². The van der Waals surface area contributed by atoms with E-state index < -0.39 is 0 Å². The molecule has 1 aliphatic rings. The number of amides is 1. The summed E-state index contributed by atoms with van der Waals surface area (Å²) >= 11 is 0. The molecule has 0 aromatic rings. The number of ether oxygens (including phenoxy) is 1. The molecule has 0 spiro atoms. The molecule has 1 fully saturated rings. The molecule has 1 aliphatic heterocycles. The first-order valence-electron chi connectivity index (χ1n) is 5.98. The van der Waals surface area contributed by atoms with Gasteiger partial charge < -0.3 is 21.1 Å². The standard InChI is InChI=1S/C11H23N3O2/c1-16-8-10(3-2-6-12)14-9-4-5-11(15)13-7-9/h9-10,14H,2-8,12H2,1H3,(H,13,15). The van der Waals surface area contributed by atoms with Gasteiger partial charge in [-0.3, -0.25) is 4.79 Å². The predicted octanol–water partition coefficient (Wildman–Crippen LogP) is -0.391. The van der Waals surface area contributed by atoms with Crippen LogP contribution in [0.4, 0.5) is 0 Å². The van der Waals surface area contributed by atoms with E-state index in [4.69, 9.17) is 10.5 Å². The Balaban J connectivity index is 2.26. The van der Waals surface area contributed by atoms with Crippen molar-refractivity contribution in [2.75, 3.05) is 26.8 Å². The van der Waals surface area contributed by atoms with Gasteiger partial charge in [0.05, 0.1) is 6.61 Å². The first-order valence-corrected chi connectivity index (χ1v) is 5.98.